The number of ether oxygens (including phenoxy) is 9. The first kappa shape index (κ1) is 85.2. The molecule has 1 fully saturated rings. The normalized spacial score (nSPS) is 14.7. The van der Waals surface area contributed by atoms with Gasteiger partial charge >= 0.3 is 47.8 Å². The monoisotopic (exact) mass is 1700 g/mol. The summed E-state index contributed by atoms with van der Waals surface area (Å²) in [6, 6.07) is 9.81. The Kier molecular flexibility index (Phi) is 23.5. The topological polar surface area (TPSA) is 760 Å². The minimum absolute atomic E-state index is 0.360. The minimum Gasteiger partial charge on any atom is -0.504 e. The highest BCUT2D eigenvalue weighted by atomic mass is 16.7. The Morgan fingerprint density at radius 2 is 0.426 bits per heavy atom. The zero-order valence-electron chi connectivity index (χ0n) is 60.5. The molecule has 0 amide bonds. The van der Waals surface area contributed by atoms with Gasteiger partial charge in [-0.2, -0.15) is 0 Å². The SMILES string of the molecule is O=C(CCC1OC(OC(=O)c2cc(O)c(O)c(OC(=O)c3cc(O)c(O)c(O)c3)c2)C(CC(=O)c2cc(O)c(O)c(OC(=O)c3cc(O)c(O)c(O)c3)c2)C(OC(=O)c2cc(O)c(O)c(OC(=O)c3cc(O)c(O)c(O)c3)c2)C1OC(=O)c1cc(O)c(O)c(OC(=O)c2cc(O)c(O)c(O)c2)c1)c1cc(O)c(O)c(OC(=O)c2cc(O)c(O)c(O)c2)c1. The van der Waals surface area contributed by atoms with Crippen molar-refractivity contribution >= 4 is 59.3 Å². The molecule has 1 heterocycles. The van der Waals surface area contributed by atoms with Crippen molar-refractivity contribution in [1.82, 2.24) is 0 Å². The van der Waals surface area contributed by atoms with Gasteiger partial charge in [-0.05, 0) is 128 Å². The summed E-state index contributed by atoms with van der Waals surface area (Å²) in [6.45, 7) is 0. The van der Waals surface area contributed by atoms with Crippen molar-refractivity contribution in [1.29, 1.82) is 0 Å². The number of aromatic hydroxyl groups is 25. The maximum Gasteiger partial charge on any atom is 0.343 e. The van der Waals surface area contributed by atoms with Gasteiger partial charge in [0.15, 0.2) is 168 Å². The van der Waals surface area contributed by atoms with Gasteiger partial charge in [0, 0.05) is 24.0 Å². The molecule has 10 aromatic rings. The van der Waals surface area contributed by atoms with E-state index in [0.717, 1.165) is 0 Å². The molecule has 44 heteroatoms. The summed E-state index contributed by atoms with van der Waals surface area (Å²) in [6.07, 6.45) is -14.7. The standard InChI is InChI=1S/C78H56O44/c79-35(24-3-47(91)63(101)53(18-24)114-70(106)26-5-37(81)58(96)38(82)6-26)1-2-52-69(121-76(112)32-16-50(94)66(104)56(21-32)117-73(109)29-11-43(87)61(99)44(88)12-29)68(120-75(111)31-15-49(93)65(103)55(20-31)116-72(108)28-9-41(85)60(98)42(86)10-28)34(23-36(80)25-4-48(92)64(102)54(19-25)115-71(107)27-7-39(83)59(97)40(84)8-27)78(119-52)122-77(113)33-17-51(95)67(105)57(22-33)118-74(110)30-13-45(89)62(100)46(90)14-30/h3-22,34,52,68-69,78,81-105H,1-2,23H2. The van der Waals surface area contributed by atoms with Gasteiger partial charge in [0.05, 0.1) is 50.4 Å². The first-order valence-electron chi connectivity index (χ1n) is 33.9. The van der Waals surface area contributed by atoms with Crippen LogP contribution in [0.4, 0.5) is 0 Å². The number of hydrogen-bond acceptors (Lipinski definition) is 44. The molecule has 632 valence electrons. The number of benzene rings is 10. The second kappa shape index (κ2) is 33.6. The summed E-state index contributed by atoms with van der Waals surface area (Å²) in [5.41, 5.74) is -8.97. The zero-order chi connectivity index (χ0) is 89.4. The predicted molar refractivity (Wildman–Crippen MR) is 389 cm³/mol. The summed E-state index contributed by atoms with van der Waals surface area (Å²) in [4.78, 5) is 143. The molecule has 25 N–H and O–H groups in total. The summed E-state index contributed by atoms with van der Waals surface area (Å²) in [7, 11) is 0. The number of hydrogen-bond donors (Lipinski definition) is 25. The molecular weight excluding hydrogens is 1640 g/mol. The Morgan fingerprint density at radius 3 is 0.680 bits per heavy atom. The third-order valence-electron chi connectivity index (χ3n) is 17.7. The van der Waals surface area contributed by atoms with E-state index in [4.69, 9.17) is 42.6 Å². The van der Waals surface area contributed by atoms with E-state index in [1.165, 1.54) is 0 Å². The fraction of sp³-hybridized carbons (Fsp3) is 0.103. The molecule has 0 spiro atoms. The van der Waals surface area contributed by atoms with E-state index < -0.39 is 337 Å². The van der Waals surface area contributed by atoms with Crippen LogP contribution in [0.1, 0.15) is 123 Å². The predicted octanol–water partition coefficient (Wildman–Crippen LogP) is 6.31. The lowest BCUT2D eigenvalue weighted by molar-refractivity contribution is -0.261. The third-order valence-corrected chi connectivity index (χ3v) is 17.7. The van der Waals surface area contributed by atoms with E-state index in [2.05, 4.69) is 0 Å². The van der Waals surface area contributed by atoms with Gasteiger partial charge in [-0.15, -0.1) is 0 Å². The number of Topliss-reactive ketones (excluding diaryl/α,β-unsaturated/α-hetero) is 2. The van der Waals surface area contributed by atoms with Gasteiger partial charge in [0.25, 0.3) is 0 Å². The number of phenolic OH excluding ortho intramolecular Hbond substituents is 25. The summed E-state index contributed by atoms with van der Waals surface area (Å²) < 4.78 is 50.2. The molecule has 0 aromatic heterocycles. The highest BCUT2D eigenvalue weighted by molar-refractivity contribution is 6.02. The number of rotatable bonds is 23. The Bertz CT molecular complexity index is 5970. The Morgan fingerprint density at radius 1 is 0.230 bits per heavy atom. The third kappa shape index (κ3) is 17.7. The van der Waals surface area contributed by atoms with Crippen LogP contribution in [0.15, 0.2) is 121 Å². The summed E-state index contributed by atoms with van der Waals surface area (Å²) in [5, 5.41) is 262. The largest absolute Gasteiger partial charge is 0.504 e. The molecule has 1 aliphatic heterocycles. The Balaban J connectivity index is 1.09. The lowest BCUT2D eigenvalue weighted by atomic mass is 9.83. The summed E-state index contributed by atoms with van der Waals surface area (Å²) >= 11 is 0. The fourth-order valence-electron chi connectivity index (χ4n) is 11.6. The van der Waals surface area contributed by atoms with Crippen molar-refractivity contribution in [2.45, 2.75) is 43.9 Å². The fourth-order valence-corrected chi connectivity index (χ4v) is 11.6. The van der Waals surface area contributed by atoms with E-state index >= 15 is 19.2 Å². The molecule has 122 heavy (non-hydrogen) atoms. The lowest BCUT2D eigenvalue weighted by Gasteiger charge is -2.45. The van der Waals surface area contributed by atoms with Crippen LogP contribution < -0.4 is 23.7 Å². The van der Waals surface area contributed by atoms with Crippen LogP contribution in [0.5, 0.6) is 172 Å². The maximum absolute atomic E-state index is 15.4. The molecule has 44 nitrogen and oxygen atoms in total. The second-order valence-electron chi connectivity index (χ2n) is 25.9. The van der Waals surface area contributed by atoms with Crippen molar-refractivity contribution in [2.75, 3.05) is 0 Å². The number of esters is 8. The molecule has 5 unspecified atom stereocenters. The molecule has 0 bridgehead atoms. The van der Waals surface area contributed by atoms with Crippen LogP contribution in [0.2, 0.25) is 0 Å². The van der Waals surface area contributed by atoms with E-state index in [1.54, 1.807) is 0 Å². The molecule has 0 radical (unpaired) electrons. The maximum atomic E-state index is 15.4. The molecule has 5 atom stereocenters. The summed E-state index contributed by atoms with van der Waals surface area (Å²) in [5.74, 6) is -55.6. The molecule has 0 aliphatic carbocycles. The highest BCUT2D eigenvalue weighted by Gasteiger charge is 2.53. The number of carbonyl (C=O) groups is 10. The quantitative estimate of drug-likeness (QED) is 0.0110. The zero-order valence-corrected chi connectivity index (χ0v) is 60.5. The molecule has 10 aromatic carbocycles. The van der Waals surface area contributed by atoms with E-state index in [1.807, 2.05) is 0 Å². The van der Waals surface area contributed by atoms with Crippen molar-refractivity contribution in [3.8, 4) is 172 Å². The second-order valence-corrected chi connectivity index (χ2v) is 25.9. The van der Waals surface area contributed by atoms with Gasteiger partial charge in [0.1, 0.15) is 6.10 Å². The molecule has 11 rings (SSSR count). The number of carbonyl (C=O) groups excluding carboxylic acids is 10. The van der Waals surface area contributed by atoms with Gasteiger partial charge < -0.3 is 170 Å². The lowest BCUT2D eigenvalue weighted by Crippen LogP contribution is -2.59. The van der Waals surface area contributed by atoms with E-state index in [0.29, 0.717) is 121 Å². The average Bonchev–Trinajstić information content (AvgIpc) is 0.764. The van der Waals surface area contributed by atoms with Gasteiger partial charge in [-0.3, -0.25) is 9.59 Å². The minimum atomic E-state index is -2.81. The first-order valence-corrected chi connectivity index (χ1v) is 33.9. The first-order chi connectivity index (χ1) is 57.4. The number of phenols is 25. The van der Waals surface area contributed by atoms with E-state index in [9.17, 15) is 156 Å². The van der Waals surface area contributed by atoms with E-state index in [-0.39, 0.29) is 0 Å². The highest BCUT2D eigenvalue weighted by Crippen LogP contribution is 2.49. The van der Waals surface area contributed by atoms with Gasteiger partial charge in [-0.25, -0.2) is 38.4 Å². The van der Waals surface area contributed by atoms with Crippen LogP contribution in [0.25, 0.3) is 0 Å². The Hall–Kier alpha value is -17.7. The van der Waals surface area contributed by atoms with Crippen LogP contribution >= 0.6 is 0 Å². The smallest absolute Gasteiger partial charge is 0.343 e. The molecule has 0 saturated carbocycles. The van der Waals surface area contributed by atoms with Gasteiger partial charge in [-0.1, -0.05) is 0 Å². The average molecular weight is 1700 g/mol. The van der Waals surface area contributed by atoms with Crippen molar-refractivity contribution in [3.63, 3.8) is 0 Å². The number of ketones is 2. The van der Waals surface area contributed by atoms with Gasteiger partial charge in [0.2, 0.25) is 35.0 Å². The van der Waals surface area contributed by atoms with Crippen molar-refractivity contribution in [2.24, 2.45) is 5.92 Å². The Labute approximate surface area is 674 Å². The van der Waals surface area contributed by atoms with Crippen molar-refractivity contribution < 1.29 is 218 Å². The van der Waals surface area contributed by atoms with Crippen LogP contribution in [0.3, 0.4) is 0 Å². The van der Waals surface area contributed by atoms with Crippen LogP contribution in [-0.2, 0) is 18.9 Å². The molecule has 1 saturated heterocycles. The van der Waals surface area contributed by atoms with Crippen LogP contribution in [0, 0.1) is 5.92 Å². The molecular formula is C78H56O44. The van der Waals surface area contributed by atoms with Crippen molar-refractivity contribution in [3.05, 3.63) is 177 Å². The van der Waals surface area contributed by atoms with Crippen LogP contribution in [-0.4, -0.2) is 212 Å². The molecule has 1 aliphatic rings.